The van der Waals surface area contributed by atoms with Crippen LogP contribution < -0.4 is 10.1 Å². The van der Waals surface area contributed by atoms with Crippen molar-refractivity contribution in [1.82, 2.24) is 10.5 Å². The first kappa shape index (κ1) is 16.7. The van der Waals surface area contributed by atoms with Crippen LogP contribution in [0.4, 0.5) is 0 Å². The Morgan fingerprint density at radius 2 is 2.04 bits per heavy atom. The molecule has 0 bridgehead atoms. The summed E-state index contributed by atoms with van der Waals surface area (Å²) < 4.78 is 11.2. The third kappa shape index (κ3) is 3.18. The molecule has 2 heterocycles. The second kappa shape index (κ2) is 6.84. The van der Waals surface area contributed by atoms with Gasteiger partial charge in [0.2, 0.25) is 0 Å². The number of rotatable bonds is 4. The summed E-state index contributed by atoms with van der Waals surface area (Å²) in [6.07, 6.45) is 0.710. The van der Waals surface area contributed by atoms with Crippen molar-refractivity contribution in [2.24, 2.45) is 0 Å². The van der Waals surface area contributed by atoms with E-state index in [1.54, 1.807) is 0 Å². The number of amides is 1. The van der Waals surface area contributed by atoms with Gasteiger partial charge in [0.25, 0.3) is 5.91 Å². The Bertz CT molecular complexity index is 964. The standard InChI is InChI=1S/C20H17ClN2O3/c1-12-2-7-17-15(10-12)19-16(11-25-17)18(23-26-19)20(24)22-9-8-13-3-5-14(21)6-4-13/h2-7,10H,8-9,11H2,1H3,(H,22,24). The minimum atomic E-state index is -0.260. The van der Waals surface area contributed by atoms with Crippen LogP contribution in [0.15, 0.2) is 47.0 Å². The molecule has 132 valence electrons. The van der Waals surface area contributed by atoms with E-state index in [1.807, 2.05) is 49.4 Å². The van der Waals surface area contributed by atoms with Gasteiger partial charge in [0.05, 0.1) is 11.1 Å². The van der Waals surface area contributed by atoms with Gasteiger partial charge in [-0.2, -0.15) is 0 Å². The summed E-state index contributed by atoms with van der Waals surface area (Å²) >= 11 is 5.88. The summed E-state index contributed by atoms with van der Waals surface area (Å²) in [5.41, 5.74) is 3.99. The number of benzene rings is 2. The predicted molar refractivity (Wildman–Crippen MR) is 98.5 cm³/mol. The Balaban J connectivity index is 1.47. The summed E-state index contributed by atoms with van der Waals surface area (Å²) in [4.78, 5) is 12.5. The SMILES string of the molecule is Cc1ccc2c(c1)-c1onc(C(=O)NCCc3ccc(Cl)cc3)c1CO2. The Kier molecular flexibility index (Phi) is 4.39. The zero-order valence-electron chi connectivity index (χ0n) is 14.2. The number of ether oxygens (including phenoxy) is 1. The molecule has 0 spiro atoms. The van der Waals surface area contributed by atoms with Gasteiger partial charge in [-0.3, -0.25) is 4.79 Å². The van der Waals surface area contributed by atoms with Crippen LogP contribution in [0.1, 0.15) is 27.2 Å². The van der Waals surface area contributed by atoms with E-state index in [0.29, 0.717) is 29.3 Å². The van der Waals surface area contributed by atoms with Crippen molar-refractivity contribution in [3.8, 4) is 17.1 Å². The second-order valence-corrected chi connectivity index (χ2v) is 6.70. The van der Waals surface area contributed by atoms with Gasteiger partial charge in [-0.25, -0.2) is 0 Å². The first-order chi connectivity index (χ1) is 12.6. The fraction of sp³-hybridized carbons (Fsp3) is 0.200. The number of carbonyl (C=O) groups is 1. The van der Waals surface area contributed by atoms with Crippen LogP contribution in [0.2, 0.25) is 5.02 Å². The maximum Gasteiger partial charge on any atom is 0.273 e. The summed E-state index contributed by atoms with van der Waals surface area (Å²) in [6.45, 7) is 2.77. The molecule has 1 aliphatic rings. The number of carbonyl (C=O) groups excluding carboxylic acids is 1. The van der Waals surface area contributed by atoms with E-state index in [2.05, 4.69) is 10.5 Å². The lowest BCUT2D eigenvalue weighted by molar-refractivity contribution is 0.0943. The molecule has 0 unspecified atom stereocenters. The summed E-state index contributed by atoms with van der Waals surface area (Å²) in [6, 6.07) is 13.4. The monoisotopic (exact) mass is 368 g/mol. The van der Waals surface area contributed by atoms with Crippen LogP contribution in [0.25, 0.3) is 11.3 Å². The van der Waals surface area contributed by atoms with Gasteiger partial charge in [-0.05, 0) is 43.2 Å². The van der Waals surface area contributed by atoms with E-state index in [1.165, 1.54) is 0 Å². The van der Waals surface area contributed by atoms with Crippen molar-refractivity contribution in [3.63, 3.8) is 0 Å². The lowest BCUT2D eigenvalue weighted by Gasteiger charge is -2.16. The Labute approximate surface area is 155 Å². The van der Waals surface area contributed by atoms with Crippen LogP contribution in [0.3, 0.4) is 0 Å². The molecule has 0 atom stereocenters. The number of fused-ring (bicyclic) bond motifs is 3. The summed E-state index contributed by atoms with van der Waals surface area (Å²) in [7, 11) is 0. The molecule has 0 aliphatic carbocycles. The van der Waals surface area contributed by atoms with Gasteiger partial charge in [-0.1, -0.05) is 40.5 Å². The van der Waals surface area contributed by atoms with Crippen molar-refractivity contribution in [3.05, 3.63) is 69.9 Å². The molecular weight excluding hydrogens is 352 g/mol. The van der Waals surface area contributed by atoms with Gasteiger partial charge < -0.3 is 14.6 Å². The molecular formula is C20H17ClN2O3. The Morgan fingerprint density at radius 1 is 1.23 bits per heavy atom. The molecule has 0 saturated carbocycles. The van der Waals surface area contributed by atoms with E-state index in [9.17, 15) is 4.79 Å². The second-order valence-electron chi connectivity index (χ2n) is 6.26. The lowest BCUT2D eigenvalue weighted by atomic mass is 10.0. The van der Waals surface area contributed by atoms with Gasteiger partial charge in [0.15, 0.2) is 11.5 Å². The van der Waals surface area contributed by atoms with E-state index in [4.69, 9.17) is 20.9 Å². The minimum Gasteiger partial charge on any atom is -0.488 e. The molecule has 1 aliphatic heterocycles. The third-order valence-corrected chi connectivity index (χ3v) is 4.62. The van der Waals surface area contributed by atoms with Gasteiger partial charge in [0.1, 0.15) is 12.4 Å². The minimum absolute atomic E-state index is 0.260. The van der Waals surface area contributed by atoms with Crippen molar-refractivity contribution in [1.29, 1.82) is 0 Å². The fourth-order valence-electron chi connectivity index (χ4n) is 2.99. The quantitative estimate of drug-likeness (QED) is 0.750. The molecule has 1 aromatic heterocycles. The van der Waals surface area contributed by atoms with Crippen LogP contribution in [-0.2, 0) is 13.0 Å². The highest BCUT2D eigenvalue weighted by molar-refractivity contribution is 6.30. The Hall–Kier alpha value is -2.79. The first-order valence-corrected chi connectivity index (χ1v) is 8.74. The number of hydrogen-bond donors (Lipinski definition) is 1. The zero-order chi connectivity index (χ0) is 18.1. The number of nitrogens with one attached hydrogen (secondary N) is 1. The van der Waals surface area contributed by atoms with Crippen molar-refractivity contribution in [2.45, 2.75) is 20.0 Å². The molecule has 26 heavy (non-hydrogen) atoms. The molecule has 3 aromatic rings. The molecule has 0 saturated heterocycles. The van der Waals surface area contributed by atoms with Crippen LogP contribution in [0, 0.1) is 6.92 Å². The largest absolute Gasteiger partial charge is 0.488 e. The highest BCUT2D eigenvalue weighted by Crippen LogP contribution is 2.39. The van der Waals surface area contributed by atoms with E-state index in [0.717, 1.165) is 22.4 Å². The molecule has 1 N–H and O–H groups in total. The molecule has 1 amide bonds. The van der Waals surface area contributed by atoms with E-state index in [-0.39, 0.29) is 18.2 Å². The topological polar surface area (TPSA) is 64.4 Å². The van der Waals surface area contributed by atoms with Crippen molar-refractivity contribution < 1.29 is 14.1 Å². The number of aryl methyl sites for hydroxylation is 1. The van der Waals surface area contributed by atoms with Gasteiger partial charge in [-0.15, -0.1) is 0 Å². The highest BCUT2D eigenvalue weighted by atomic mass is 35.5. The third-order valence-electron chi connectivity index (χ3n) is 4.37. The lowest BCUT2D eigenvalue weighted by Crippen LogP contribution is -2.27. The smallest absolute Gasteiger partial charge is 0.273 e. The molecule has 2 aromatic carbocycles. The van der Waals surface area contributed by atoms with Crippen LogP contribution in [0.5, 0.6) is 5.75 Å². The summed E-state index contributed by atoms with van der Waals surface area (Å²) in [5.74, 6) is 1.09. The molecule has 5 nitrogen and oxygen atoms in total. The molecule has 4 rings (SSSR count). The van der Waals surface area contributed by atoms with Gasteiger partial charge in [0, 0.05) is 11.6 Å². The van der Waals surface area contributed by atoms with Crippen LogP contribution >= 0.6 is 11.6 Å². The predicted octanol–water partition coefficient (Wildman–Crippen LogP) is 4.17. The fourth-order valence-corrected chi connectivity index (χ4v) is 3.11. The van der Waals surface area contributed by atoms with E-state index >= 15 is 0 Å². The average molecular weight is 369 g/mol. The highest BCUT2D eigenvalue weighted by Gasteiger charge is 2.28. The number of halogens is 1. The van der Waals surface area contributed by atoms with Crippen LogP contribution in [-0.4, -0.2) is 17.6 Å². The molecule has 6 heteroatoms. The normalized spacial score (nSPS) is 12.1. The summed E-state index contributed by atoms with van der Waals surface area (Å²) in [5, 5.41) is 7.56. The number of nitrogens with zero attached hydrogens (tertiary/aromatic N) is 1. The molecule has 0 fully saturated rings. The van der Waals surface area contributed by atoms with E-state index < -0.39 is 0 Å². The number of hydrogen-bond acceptors (Lipinski definition) is 4. The maximum absolute atomic E-state index is 12.5. The average Bonchev–Trinajstić information content (AvgIpc) is 3.08. The van der Waals surface area contributed by atoms with Crippen molar-refractivity contribution in [2.75, 3.05) is 6.54 Å². The first-order valence-electron chi connectivity index (χ1n) is 8.37. The van der Waals surface area contributed by atoms with Crippen molar-refractivity contribution >= 4 is 17.5 Å². The Morgan fingerprint density at radius 3 is 2.85 bits per heavy atom. The van der Waals surface area contributed by atoms with Gasteiger partial charge >= 0.3 is 0 Å². The zero-order valence-corrected chi connectivity index (χ0v) is 15.0. The maximum atomic E-state index is 12.5. The molecule has 0 radical (unpaired) electrons. The number of aromatic nitrogens is 1.